The van der Waals surface area contributed by atoms with Crippen LogP contribution in [0.5, 0.6) is 0 Å². The molecule has 0 rings (SSSR count). The van der Waals surface area contributed by atoms with Gasteiger partial charge in [-0.2, -0.15) is 0 Å². The number of halogens is 1. The minimum Gasteiger partial charge on any atom is -0.127 e. The minimum absolute atomic E-state index is 0.827. The third-order valence-electron chi connectivity index (χ3n) is 1.84. The van der Waals surface area contributed by atoms with Gasteiger partial charge in [0.25, 0.3) is 0 Å². The SMILES string of the molecule is CC(C)CPCC(C)C.CCCCCCl. The molecule has 0 fully saturated rings. The van der Waals surface area contributed by atoms with Gasteiger partial charge in [-0.15, -0.1) is 20.2 Å². The summed E-state index contributed by atoms with van der Waals surface area (Å²) in [7, 11) is 1.19. The molecule has 0 nitrogen and oxygen atoms in total. The van der Waals surface area contributed by atoms with Crippen molar-refractivity contribution in [3.63, 3.8) is 0 Å². The molecule has 0 saturated heterocycles. The Hall–Kier alpha value is 0.720. The molecular weight excluding hydrogens is 223 g/mol. The van der Waals surface area contributed by atoms with E-state index < -0.39 is 0 Å². The van der Waals surface area contributed by atoms with E-state index in [1.165, 1.54) is 40.2 Å². The van der Waals surface area contributed by atoms with Gasteiger partial charge in [-0.1, -0.05) is 47.5 Å². The van der Waals surface area contributed by atoms with E-state index in [1.54, 1.807) is 0 Å². The van der Waals surface area contributed by atoms with Crippen molar-refractivity contribution in [1.29, 1.82) is 0 Å². The number of alkyl halides is 1. The first-order valence-corrected chi connectivity index (χ1v) is 8.26. The highest BCUT2D eigenvalue weighted by molar-refractivity contribution is 7.37. The molecule has 0 aliphatic rings. The monoisotopic (exact) mass is 252 g/mol. The van der Waals surface area contributed by atoms with Crippen molar-refractivity contribution in [1.82, 2.24) is 0 Å². The van der Waals surface area contributed by atoms with Crippen LogP contribution >= 0.6 is 20.2 Å². The molecule has 0 aliphatic carbocycles. The van der Waals surface area contributed by atoms with Gasteiger partial charge in [0.2, 0.25) is 0 Å². The van der Waals surface area contributed by atoms with Crippen LogP contribution in [0.4, 0.5) is 0 Å². The van der Waals surface area contributed by atoms with E-state index in [2.05, 4.69) is 34.6 Å². The highest BCUT2D eigenvalue weighted by Crippen LogP contribution is 2.17. The second-order valence-corrected chi connectivity index (χ2v) is 6.54. The Kier molecular flexibility index (Phi) is 17.8. The van der Waals surface area contributed by atoms with Gasteiger partial charge < -0.3 is 0 Å². The molecule has 0 atom stereocenters. The molecule has 0 aromatic rings. The van der Waals surface area contributed by atoms with E-state index in [1.807, 2.05) is 0 Å². The fourth-order valence-corrected chi connectivity index (χ4v) is 2.52. The average molecular weight is 253 g/mol. The fourth-order valence-electron chi connectivity index (χ4n) is 1.01. The highest BCUT2D eigenvalue weighted by Gasteiger charge is 1.95. The molecule has 0 unspecified atom stereocenters. The van der Waals surface area contributed by atoms with Crippen molar-refractivity contribution >= 4 is 20.2 Å². The molecule has 0 radical (unpaired) electrons. The van der Waals surface area contributed by atoms with Gasteiger partial charge in [0, 0.05) is 5.88 Å². The first-order chi connectivity index (χ1) is 7.04. The minimum atomic E-state index is 0.827. The van der Waals surface area contributed by atoms with Gasteiger partial charge in [-0.25, -0.2) is 0 Å². The third-order valence-corrected chi connectivity index (χ3v) is 4.32. The van der Waals surface area contributed by atoms with Crippen molar-refractivity contribution in [2.24, 2.45) is 11.8 Å². The Morgan fingerprint density at radius 1 is 0.933 bits per heavy atom. The fraction of sp³-hybridized carbons (Fsp3) is 1.00. The summed E-state index contributed by atoms with van der Waals surface area (Å²) in [6.07, 6.45) is 6.59. The van der Waals surface area contributed by atoms with Crippen molar-refractivity contribution in [3.05, 3.63) is 0 Å². The maximum absolute atomic E-state index is 5.38. The van der Waals surface area contributed by atoms with E-state index in [4.69, 9.17) is 11.6 Å². The topological polar surface area (TPSA) is 0 Å². The Bertz CT molecular complexity index is 90.7. The summed E-state index contributed by atoms with van der Waals surface area (Å²) in [5.41, 5.74) is 0. The summed E-state index contributed by atoms with van der Waals surface area (Å²) in [5.74, 6) is 2.64. The molecular formula is C13H30ClP. The van der Waals surface area contributed by atoms with E-state index >= 15 is 0 Å². The zero-order chi connectivity index (χ0) is 12.1. The van der Waals surface area contributed by atoms with Gasteiger partial charge in [0.1, 0.15) is 0 Å². The van der Waals surface area contributed by atoms with Crippen LogP contribution in [0.25, 0.3) is 0 Å². The normalized spacial score (nSPS) is 10.4. The van der Waals surface area contributed by atoms with Crippen molar-refractivity contribution in [3.8, 4) is 0 Å². The third kappa shape index (κ3) is 25.2. The molecule has 0 aromatic carbocycles. The molecule has 0 amide bonds. The predicted molar refractivity (Wildman–Crippen MR) is 78.0 cm³/mol. The molecule has 0 heterocycles. The van der Waals surface area contributed by atoms with Gasteiger partial charge >= 0.3 is 0 Å². The summed E-state index contributed by atoms with van der Waals surface area (Å²) < 4.78 is 0. The Morgan fingerprint density at radius 3 is 1.60 bits per heavy atom. The average Bonchev–Trinajstić information content (AvgIpc) is 2.14. The zero-order valence-electron chi connectivity index (χ0n) is 11.3. The lowest BCUT2D eigenvalue weighted by Gasteiger charge is -2.06. The maximum atomic E-state index is 5.38. The smallest absolute Gasteiger partial charge is 0.0223 e. The molecule has 0 saturated carbocycles. The number of hydrogen-bond donors (Lipinski definition) is 0. The van der Waals surface area contributed by atoms with Crippen molar-refractivity contribution in [2.45, 2.75) is 53.9 Å². The van der Waals surface area contributed by atoms with E-state index in [-0.39, 0.29) is 0 Å². The number of unbranched alkanes of at least 4 members (excludes halogenated alkanes) is 2. The lowest BCUT2D eigenvalue weighted by molar-refractivity contribution is 0.725. The standard InChI is InChI=1S/C8H19P.C5H11Cl/c1-7(2)5-9-6-8(3)4;1-2-3-4-5-6/h7-9H,5-6H2,1-4H3;2-5H2,1H3. The van der Waals surface area contributed by atoms with Crippen LogP contribution in [0.3, 0.4) is 0 Å². The second kappa shape index (κ2) is 14.7. The molecule has 0 bridgehead atoms. The van der Waals surface area contributed by atoms with E-state index in [9.17, 15) is 0 Å². The van der Waals surface area contributed by atoms with Gasteiger partial charge in [0.15, 0.2) is 0 Å². The highest BCUT2D eigenvalue weighted by atomic mass is 35.5. The van der Waals surface area contributed by atoms with Gasteiger partial charge in [0.05, 0.1) is 0 Å². The van der Waals surface area contributed by atoms with Crippen LogP contribution in [-0.2, 0) is 0 Å². The van der Waals surface area contributed by atoms with Crippen LogP contribution in [0.1, 0.15) is 53.9 Å². The number of hydrogen-bond acceptors (Lipinski definition) is 0. The van der Waals surface area contributed by atoms with Gasteiger partial charge in [-0.3, -0.25) is 0 Å². The van der Waals surface area contributed by atoms with Crippen molar-refractivity contribution < 1.29 is 0 Å². The predicted octanol–water partition coefficient (Wildman–Crippen LogP) is 5.39. The summed E-state index contributed by atoms with van der Waals surface area (Å²) in [6, 6.07) is 0. The summed E-state index contributed by atoms with van der Waals surface area (Å²) in [5, 5.41) is 0. The molecule has 94 valence electrons. The van der Waals surface area contributed by atoms with Crippen LogP contribution in [0, 0.1) is 11.8 Å². The lowest BCUT2D eigenvalue weighted by atomic mass is 10.3. The summed E-state index contributed by atoms with van der Waals surface area (Å²) >= 11 is 5.38. The number of rotatable bonds is 7. The Labute approximate surface area is 104 Å². The molecule has 0 N–H and O–H groups in total. The first-order valence-electron chi connectivity index (χ1n) is 6.31. The molecule has 2 heteroatoms. The Morgan fingerprint density at radius 2 is 1.40 bits per heavy atom. The molecule has 15 heavy (non-hydrogen) atoms. The van der Waals surface area contributed by atoms with Crippen LogP contribution < -0.4 is 0 Å². The van der Waals surface area contributed by atoms with Crippen molar-refractivity contribution in [2.75, 3.05) is 18.2 Å². The van der Waals surface area contributed by atoms with Crippen LogP contribution in [0.15, 0.2) is 0 Å². The van der Waals surface area contributed by atoms with Gasteiger partial charge in [-0.05, 0) is 30.6 Å². The second-order valence-electron chi connectivity index (χ2n) is 4.84. The molecule has 0 aromatic heterocycles. The van der Waals surface area contributed by atoms with E-state index in [0.29, 0.717) is 0 Å². The Balaban J connectivity index is 0. The summed E-state index contributed by atoms with van der Waals surface area (Å²) in [4.78, 5) is 0. The van der Waals surface area contributed by atoms with Crippen LogP contribution in [0.2, 0.25) is 0 Å². The first kappa shape index (κ1) is 18.1. The maximum Gasteiger partial charge on any atom is 0.0223 e. The van der Waals surface area contributed by atoms with Crippen LogP contribution in [-0.4, -0.2) is 18.2 Å². The largest absolute Gasteiger partial charge is 0.127 e. The lowest BCUT2D eigenvalue weighted by Crippen LogP contribution is -1.94. The summed E-state index contributed by atoms with van der Waals surface area (Å²) in [6.45, 7) is 11.4. The van der Waals surface area contributed by atoms with E-state index in [0.717, 1.165) is 17.7 Å². The zero-order valence-corrected chi connectivity index (χ0v) is 13.0. The molecule has 0 spiro atoms. The molecule has 0 aliphatic heterocycles. The quantitative estimate of drug-likeness (QED) is 0.324.